The molecule has 0 bridgehead atoms. The minimum absolute atomic E-state index is 0.102. The highest BCUT2D eigenvalue weighted by atomic mass is 19.4. The fourth-order valence-corrected chi connectivity index (χ4v) is 4.41. The summed E-state index contributed by atoms with van der Waals surface area (Å²) in [5, 5.41) is 16.3. The third kappa shape index (κ3) is 8.76. The van der Waals surface area contributed by atoms with E-state index in [1.165, 1.54) is 49.9 Å². The second-order valence-corrected chi connectivity index (χ2v) is 10.2. The van der Waals surface area contributed by atoms with Gasteiger partial charge in [0.15, 0.2) is 0 Å². The van der Waals surface area contributed by atoms with Gasteiger partial charge in [0.2, 0.25) is 11.8 Å². The maximum atomic E-state index is 13.1. The molecule has 0 aromatic heterocycles. The lowest BCUT2D eigenvalue weighted by Gasteiger charge is -2.29. The quantitative estimate of drug-likeness (QED) is 0.292. The lowest BCUT2D eigenvalue weighted by molar-refractivity contribution is -0.175. The van der Waals surface area contributed by atoms with Crippen molar-refractivity contribution in [1.29, 1.82) is 0 Å². The van der Waals surface area contributed by atoms with Gasteiger partial charge < -0.3 is 26.0 Å². The van der Waals surface area contributed by atoms with Crippen molar-refractivity contribution >= 4 is 35.4 Å². The average Bonchev–Trinajstić information content (AvgIpc) is 3.39. The fraction of sp³-hybridized carbons (Fsp3) is 0.556. The number of halogens is 3. The molecule has 0 saturated carbocycles. The van der Waals surface area contributed by atoms with Crippen LogP contribution in [-0.4, -0.2) is 82.3 Å². The summed E-state index contributed by atoms with van der Waals surface area (Å²) < 4.78 is 38.9. The second kappa shape index (κ2) is 14.1. The maximum Gasteiger partial charge on any atom is 0.452 e. The molecular weight excluding hydrogens is 549 g/mol. The summed E-state index contributed by atoms with van der Waals surface area (Å²) in [5.74, 6) is -6.90. The van der Waals surface area contributed by atoms with Crippen molar-refractivity contribution in [3.63, 3.8) is 0 Å². The van der Waals surface area contributed by atoms with Gasteiger partial charge in [0.25, 0.3) is 17.6 Å². The third-order valence-corrected chi connectivity index (χ3v) is 6.67. The van der Waals surface area contributed by atoms with Crippen molar-refractivity contribution < 1.29 is 47.0 Å². The second-order valence-electron chi connectivity index (χ2n) is 10.2. The standard InChI is InChI=1S/C27H35F3N4O7/c1-5-7-18(26(40)41)32-23(37)17-11-9-16(10-12-17)22(36)31-15(4)25(39)34-13-6-8-19(34)24(38)33-20(14(2)3)21(35)27(28,29)30/h9-12,14-15,18-20H,5-8,13H2,1-4H3,(H,31,36)(H,32,37)(H,33,38)(H,40,41)/t15?,18?,19-,20?/m0/s1. The minimum atomic E-state index is -5.13. The van der Waals surface area contributed by atoms with E-state index in [0.29, 0.717) is 12.8 Å². The number of ketones is 1. The first-order valence-electron chi connectivity index (χ1n) is 13.2. The number of carboxylic acids is 1. The molecule has 1 aliphatic rings. The van der Waals surface area contributed by atoms with Crippen LogP contribution in [-0.2, 0) is 19.2 Å². The van der Waals surface area contributed by atoms with Crippen molar-refractivity contribution in [2.45, 2.75) is 83.7 Å². The Hall–Kier alpha value is -3.97. The summed E-state index contributed by atoms with van der Waals surface area (Å²) in [6.45, 7) is 6.03. The lowest BCUT2D eigenvalue weighted by Crippen LogP contribution is -2.56. The van der Waals surface area contributed by atoms with E-state index in [-0.39, 0.29) is 30.5 Å². The molecule has 1 aliphatic heterocycles. The summed E-state index contributed by atoms with van der Waals surface area (Å²) in [6, 6.07) is 0.237. The SMILES string of the molecule is CCCC(NC(=O)c1ccc(C(=O)NC(C)C(=O)N2CCC[C@H]2C(=O)NC(C(=O)C(F)(F)F)C(C)C)cc1)C(=O)O. The molecule has 1 fully saturated rings. The average molecular weight is 585 g/mol. The molecule has 41 heavy (non-hydrogen) atoms. The molecule has 0 spiro atoms. The molecule has 0 aliphatic carbocycles. The molecule has 2 rings (SSSR count). The monoisotopic (exact) mass is 584 g/mol. The van der Waals surface area contributed by atoms with E-state index in [0.717, 1.165) is 0 Å². The molecule has 4 amide bonds. The summed E-state index contributed by atoms with van der Waals surface area (Å²) in [4.78, 5) is 75.2. The predicted molar refractivity (Wildman–Crippen MR) is 140 cm³/mol. The van der Waals surface area contributed by atoms with Crippen LogP contribution in [0.3, 0.4) is 0 Å². The minimum Gasteiger partial charge on any atom is -0.480 e. The fourth-order valence-electron chi connectivity index (χ4n) is 4.41. The van der Waals surface area contributed by atoms with E-state index in [2.05, 4.69) is 16.0 Å². The first kappa shape index (κ1) is 33.2. The maximum absolute atomic E-state index is 13.1. The van der Waals surface area contributed by atoms with Crippen LogP contribution in [0.15, 0.2) is 24.3 Å². The summed E-state index contributed by atoms with van der Waals surface area (Å²) in [7, 11) is 0. The van der Waals surface area contributed by atoms with Crippen LogP contribution in [0.4, 0.5) is 13.2 Å². The number of carboxylic acid groups (broad SMARTS) is 1. The van der Waals surface area contributed by atoms with Gasteiger partial charge in [0.1, 0.15) is 18.1 Å². The normalized spacial score (nSPS) is 17.4. The molecule has 1 heterocycles. The van der Waals surface area contributed by atoms with Gasteiger partial charge >= 0.3 is 12.1 Å². The summed E-state index contributed by atoms with van der Waals surface area (Å²) in [6.07, 6.45) is -3.77. The Bertz CT molecular complexity index is 1150. The van der Waals surface area contributed by atoms with E-state index in [9.17, 15) is 47.0 Å². The Morgan fingerprint density at radius 3 is 1.95 bits per heavy atom. The number of amides is 4. The van der Waals surface area contributed by atoms with Crippen molar-refractivity contribution in [3.05, 3.63) is 35.4 Å². The van der Waals surface area contributed by atoms with Gasteiger partial charge in [0.05, 0.1) is 6.04 Å². The Balaban J connectivity index is 2.04. The summed E-state index contributed by atoms with van der Waals surface area (Å²) >= 11 is 0. The molecule has 4 atom stereocenters. The van der Waals surface area contributed by atoms with E-state index in [1.807, 2.05) is 0 Å². The van der Waals surface area contributed by atoms with Crippen LogP contribution in [0, 0.1) is 5.92 Å². The van der Waals surface area contributed by atoms with E-state index in [4.69, 9.17) is 0 Å². The number of carbonyl (C=O) groups excluding carboxylic acids is 5. The number of rotatable bonds is 12. The van der Waals surface area contributed by atoms with Gasteiger partial charge in [-0.15, -0.1) is 0 Å². The Morgan fingerprint density at radius 2 is 1.49 bits per heavy atom. The summed E-state index contributed by atoms with van der Waals surface area (Å²) in [5.41, 5.74) is 0.230. The third-order valence-electron chi connectivity index (χ3n) is 6.67. The molecule has 11 nitrogen and oxygen atoms in total. The molecule has 226 valence electrons. The first-order chi connectivity index (χ1) is 19.1. The molecular formula is C27H35F3N4O7. The number of Topliss-reactive ketones (excluding diaryl/α,β-unsaturated/α-hetero) is 1. The molecule has 1 aromatic rings. The van der Waals surface area contributed by atoms with E-state index in [1.54, 1.807) is 6.92 Å². The predicted octanol–water partition coefficient (Wildman–Crippen LogP) is 2.05. The number of alkyl halides is 3. The Morgan fingerprint density at radius 1 is 0.951 bits per heavy atom. The lowest BCUT2D eigenvalue weighted by atomic mass is 9.98. The number of hydrogen-bond acceptors (Lipinski definition) is 6. The first-order valence-corrected chi connectivity index (χ1v) is 13.2. The van der Waals surface area contributed by atoms with Gasteiger partial charge in [-0.25, -0.2) is 4.79 Å². The zero-order valence-corrected chi connectivity index (χ0v) is 23.2. The van der Waals surface area contributed by atoms with Crippen LogP contribution < -0.4 is 16.0 Å². The van der Waals surface area contributed by atoms with Gasteiger partial charge in [0, 0.05) is 17.7 Å². The number of benzene rings is 1. The topological polar surface area (TPSA) is 162 Å². The number of carbonyl (C=O) groups is 6. The van der Waals surface area contributed by atoms with Gasteiger partial charge in [-0.3, -0.25) is 24.0 Å². The van der Waals surface area contributed by atoms with Crippen molar-refractivity contribution in [3.8, 4) is 0 Å². The number of likely N-dealkylation sites (tertiary alicyclic amines) is 1. The smallest absolute Gasteiger partial charge is 0.452 e. The van der Waals surface area contributed by atoms with Gasteiger partial charge in [-0.05, 0) is 56.4 Å². The van der Waals surface area contributed by atoms with Crippen molar-refractivity contribution in [2.75, 3.05) is 6.54 Å². The molecule has 1 saturated heterocycles. The molecule has 1 aromatic carbocycles. The van der Waals surface area contributed by atoms with Crippen LogP contribution in [0.25, 0.3) is 0 Å². The molecule has 14 heteroatoms. The van der Waals surface area contributed by atoms with Gasteiger partial charge in [-0.2, -0.15) is 13.2 Å². The highest BCUT2D eigenvalue weighted by molar-refractivity contribution is 6.01. The van der Waals surface area contributed by atoms with Crippen LogP contribution in [0.5, 0.6) is 0 Å². The van der Waals surface area contributed by atoms with Crippen LogP contribution in [0.2, 0.25) is 0 Å². The van der Waals surface area contributed by atoms with Crippen molar-refractivity contribution in [2.24, 2.45) is 5.92 Å². The van der Waals surface area contributed by atoms with E-state index < -0.39 is 71.6 Å². The highest BCUT2D eigenvalue weighted by Gasteiger charge is 2.46. The Labute approximate surface area is 235 Å². The molecule has 3 unspecified atom stereocenters. The Kier molecular flexibility index (Phi) is 11.4. The highest BCUT2D eigenvalue weighted by Crippen LogP contribution is 2.23. The number of hydrogen-bond donors (Lipinski definition) is 4. The van der Waals surface area contributed by atoms with Crippen LogP contribution >= 0.6 is 0 Å². The van der Waals surface area contributed by atoms with Gasteiger partial charge in [-0.1, -0.05) is 27.2 Å². The van der Waals surface area contributed by atoms with E-state index >= 15 is 0 Å². The molecule has 4 N–H and O–H groups in total. The largest absolute Gasteiger partial charge is 0.480 e. The zero-order valence-electron chi connectivity index (χ0n) is 23.2. The number of nitrogens with one attached hydrogen (secondary N) is 3. The van der Waals surface area contributed by atoms with Crippen molar-refractivity contribution in [1.82, 2.24) is 20.9 Å². The number of aliphatic carboxylic acids is 1. The van der Waals surface area contributed by atoms with Crippen LogP contribution in [0.1, 0.15) is 74.1 Å². The zero-order chi connectivity index (χ0) is 31.1. The number of nitrogens with zero attached hydrogens (tertiary/aromatic N) is 1. The molecule has 0 radical (unpaired) electrons.